The Balaban J connectivity index is 0.585. The smallest absolute Gasteiger partial charge is 0.416 e. The molecule has 0 bridgehead atoms. The Labute approximate surface area is 650 Å². The van der Waals surface area contributed by atoms with Gasteiger partial charge in [0.25, 0.3) is 11.8 Å². The van der Waals surface area contributed by atoms with Gasteiger partial charge in [0.1, 0.15) is 57.1 Å². The van der Waals surface area contributed by atoms with E-state index in [2.05, 4.69) is 41.5 Å². The molecule has 113 heavy (non-hydrogen) atoms. The molecule has 5 heterocycles. The van der Waals surface area contributed by atoms with Crippen molar-refractivity contribution in [2.75, 3.05) is 122 Å². The minimum Gasteiger partial charge on any atom is -0.493 e. The number of ether oxygens (including phenoxy) is 13. The molecule has 8 aliphatic rings. The third-order valence-electron chi connectivity index (χ3n) is 21.9. The number of anilines is 3. The van der Waals surface area contributed by atoms with E-state index in [9.17, 15) is 59.1 Å². The second-order valence-corrected chi connectivity index (χ2v) is 29.4. The second kappa shape index (κ2) is 34.8. The molecule has 2 spiro atoms. The molecule has 5 aliphatic heterocycles. The summed E-state index contributed by atoms with van der Waals surface area (Å²) in [6.45, 7) is 6.22. The number of aliphatic hydroxyl groups is 4. The first-order chi connectivity index (χ1) is 54.7. The highest BCUT2D eigenvalue weighted by molar-refractivity contribution is 6.07. The van der Waals surface area contributed by atoms with Crippen molar-refractivity contribution >= 4 is 59.0 Å². The third kappa shape index (κ3) is 17.6. The number of hydrogen-bond donors (Lipinski definition) is 7. The summed E-state index contributed by atoms with van der Waals surface area (Å²) in [6, 6.07) is 32.7. The fraction of sp³-hybridized carbons (Fsp3) is 0.451. The summed E-state index contributed by atoms with van der Waals surface area (Å²) in [7, 11) is 2.87. The number of carbonyl (C=O) groups excluding carboxylic acids is 6. The summed E-state index contributed by atoms with van der Waals surface area (Å²) in [5.41, 5.74) is 6.47. The SMILES string of the molecule is C=CCOC(=O)N1C[C@@H]2CC3(CC3)CN2C(=O)c2cc(OC)c(OCc3cccc(COc4cc5c(cc4OC)C(=O)N4CC6(CC6)C[C@H]4[C@H](O)N5C(=O)OCc4ccc(O[C@H]5O[C@@H](C(=O)O)[C@H](O)[C@@H](O)[C@@H]5O)c(NC(=O)CCOCCOCCOCCOCCNC(=O)OCC5c6ccccc6-c6ccccc65)c4)c3)cc21. The van der Waals surface area contributed by atoms with E-state index in [1.165, 1.54) is 55.5 Å². The lowest BCUT2D eigenvalue weighted by Crippen LogP contribution is -2.61. The van der Waals surface area contributed by atoms with Crippen molar-refractivity contribution in [1.82, 2.24) is 15.1 Å². The largest absolute Gasteiger partial charge is 0.493 e. The van der Waals surface area contributed by atoms with Gasteiger partial charge >= 0.3 is 24.2 Å². The van der Waals surface area contributed by atoms with Gasteiger partial charge in [-0.25, -0.2) is 24.1 Å². The van der Waals surface area contributed by atoms with Crippen LogP contribution in [0.3, 0.4) is 0 Å². The van der Waals surface area contributed by atoms with E-state index in [0.29, 0.717) is 36.3 Å². The minimum atomic E-state index is -2.03. The Kier molecular flexibility index (Phi) is 24.3. The predicted molar refractivity (Wildman–Crippen MR) is 402 cm³/mol. The van der Waals surface area contributed by atoms with Crippen molar-refractivity contribution in [3.05, 3.63) is 167 Å². The molecule has 6 amide bonds. The maximum absolute atomic E-state index is 14.9. The number of hydrogen-bond acceptors (Lipinski definition) is 24. The average molecular weight is 1560 g/mol. The number of methoxy groups -OCH3 is 2. The van der Waals surface area contributed by atoms with Crippen LogP contribution >= 0.6 is 0 Å². The van der Waals surface area contributed by atoms with Gasteiger partial charge in [-0.15, -0.1) is 0 Å². The summed E-state index contributed by atoms with van der Waals surface area (Å²) in [4.78, 5) is 102. The zero-order valence-electron chi connectivity index (χ0n) is 62.6. The quantitative estimate of drug-likeness (QED) is 0.0118. The number of fused-ring (bicyclic) bond motifs is 7. The normalized spacial score (nSPS) is 21.8. The summed E-state index contributed by atoms with van der Waals surface area (Å²) < 4.78 is 75.4. The Morgan fingerprint density at radius 1 is 0.584 bits per heavy atom. The van der Waals surface area contributed by atoms with Crippen molar-refractivity contribution in [3.63, 3.8) is 0 Å². The Hall–Kier alpha value is -10.6. The lowest BCUT2D eigenvalue weighted by Gasteiger charge is -2.38. The summed E-state index contributed by atoms with van der Waals surface area (Å²) in [5, 5.41) is 59.6. The van der Waals surface area contributed by atoms with Crippen molar-refractivity contribution < 1.29 is 121 Å². The summed E-state index contributed by atoms with van der Waals surface area (Å²) in [6.07, 6.45) is -7.64. The van der Waals surface area contributed by atoms with E-state index >= 15 is 0 Å². The van der Waals surface area contributed by atoms with Crippen LogP contribution in [0, 0.1) is 10.8 Å². The number of carboxylic acids is 1. The van der Waals surface area contributed by atoms with Crippen LogP contribution in [0.4, 0.5) is 31.4 Å². The molecular formula is C82H92N6O25. The monoisotopic (exact) mass is 1560 g/mol. The van der Waals surface area contributed by atoms with Gasteiger partial charge in [0.05, 0.1) is 114 Å². The van der Waals surface area contributed by atoms with Crippen LogP contribution in [-0.4, -0.2) is 233 Å². The first-order valence-corrected chi connectivity index (χ1v) is 37.8. The standard InChI is InChI=1S/C82H92N6O25/c1-4-24-107-79(99)85-41-51-39-81(19-20-81)46-86(51)73(93)56-35-64(101-2)66(37-60(56)85)108-42-48-10-9-11-49(33-48)43-109-67-38-61-57(36-65(67)102-3)74(94)87-47-82(21-22-82)40-62(87)75(95)88(61)80(100)111-44-50-16-17-63(112-77-71(92)69(90)70(91)72(113-77)76(96)97)59(34-50)84-68(89)18-25-103-27-29-105-31-32-106-30-28-104-26-23-83-78(98)110-45-58-54-14-7-5-12-52(54)53-13-6-8-15-55(53)58/h4-17,33-38,51,58,62,69-72,75,77,90-92,95H,1,18-32,39-47H2,2-3H3,(H,83,98)(H,84,89)(H,96,97)/t51-,62-,69+,70+,71-,72+,75-,77-/m0/s1. The number of aliphatic carboxylic acids is 1. The molecule has 600 valence electrons. The number of carbonyl (C=O) groups is 7. The fourth-order valence-electron chi connectivity index (χ4n) is 15.7. The topological polar surface area (TPSA) is 378 Å². The molecule has 2 saturated carbocycles. The van der Waals surface area contributed by atoms with Crippen LogP contribution in [0.5, 0.6) is 28.7 Å². The van der Waals surface area contributed by atoms with Crippen LogP contribution in [0.15, 0.2) is 128 Å². The van der Waals surface area contributed by atoms with Gasteiger partial charge in [0.2, 0.25) is 12.2 Å². The number of carboxylic acid groups (broad SMARTS) is 1. The van der Waals surface area contributed by atoms with Gasteiger partial charge in [-0.2, -0.15) is 0 Å². The molecule has 0 unspecified atom stereocenters. The molecule has 6 aromatic rings. The maximum atomic E-state index is 14.9. The number of rotatable bonds is 33. The average Bonchev–Trinajstić information content (AvgIpc) is 1.57. The van der Waals surface area contributed by atoms with Crippen molar-refractivity contribution in [2.24, 2.45) is 10.8 Å². The molecule has 3 aliphatic carbocycles. The van der Waals surface area contributed by atoms with Gasteiger partial charge in [-0.1, -0.05) is 85.5 Å². The number of nitrogens with zero attached hydrogens (tertiary/aromatic N) is 4. The maximum Gasteiger partial charge on any atom is 0.416 e. The molecule has 7 N–H and O–H groups in total. The molecule has 31 heteroatoms. The first-order valence-electron chi connectivity index (χ1n) is 37.8. The van der Waals surface area contributed by atoms with Crippen LogP contribution in [0.2, 0.25) is 0 Å². The number of alkyl carbamates (subject to hydrolysis) is 1. The Morgan fingerprint density at radius 2 is 1.17 bits per heavy atom. The summed E-state index contributed by atoms with van der Waals surface area (Å²) >= 11 is 0. The van der Waals surface area contributed by atoms with Crippen molar-refractivity contribution in [3.8, 4) is 39.9 Å². The number of aliphatic hydroxyl groups excluding tert-OH is 4. The Morgan fingerprint density at radius 3 is 1.80 bits per heavy atom. The highest BCUT2D eigenvalue weighted by atomic mass is 16.7. The second-order valence-electron chi connectivity index (χ2n) is 29.4. The van der Waals surface area contributed by atoms with Crippen LogP contribution in [0.1, 0.15) is 99.4 Å². The van der Waals surface area contributed by atoms with Gasteiger partial charge < -0.3 is 108 Å². The molecule has 6 aromatic carbocycles. The molecule has 0 radical (unpaired) electrons. The van der Waals surface area contributed by atoms with E-state index < -0.39 is 85.6 Å². The van der Waals surface area contributed by atoms with E-state index in [-0.39, 0.29) is 184 Å². The van der Waals surface area contributed by atoms with Gasteiger partial charge in [-0.3, -0.25) is 19.3 Å². The minimum absolute atomic E-state index is 0.0112. The first kappa shape index (κ1) is 79.1. The Bertz CT molecular complexity index is 4490. The van der Waals surface area contributed by atoms with Crippen LogP contribution in [0.25, 0.3) is 11.1 Å². The molecule has 31 nitrogen and oxygen atoms in total. The zero-order chi connectivity index (χ0) is 79.1. The number of nitrogens with one attached hydrogen (secondary N) is 2. The van der Waals surface area contributed by atoms with Crippen molar-refractivity contribution in [1.29, 1.82) is 0 Å². The zero-order valence-corrected chi connectivity index (χ0v) is 62.6. The molecule has 0 aromatic heterocycles. The highest BCUT2D eigenvalue weighted by Crippen LogP contribution is 2.58. The van der Waals surface area contributed by atoms with Gasteiger partial charge in [0.15, 0.2) is 35.3 Å². The van der Waals surface area contributed by atoms with E-state index in [0.717, 1.165) is 59.3 Å². The highest BCUT2D eigenvalue weighted by Gasteiger charge is 2.59. The molecular weight excluding hydrogens is 1470 g/mol. The molecule has 8 atom stereocenters. The molecule has 3 saturated heterocycles. The predicted octanol–water partition coefficient (Wildman–Crippen LogP) is 7.67. The van der Waals surface area contributed by atoms with Gasteiger partial charge in [-0.05, 0) is 119 Å². The van der Waals surface area contributed by atoms with E-state index in [1.54, 1.807) is 23.1 Å². The van der Waals surface area contributed by atoms with Crippen LogP contribution < -0.4 is 44.1 Å². The lowest BCUT2D eigenvalue weighted by atomic mass is 9.98. The number of amides is 6. The third-order valence-corrected chi connectivity index (χ3v) is 21.9. The lowest BCUT2D eigenvalue weighted by molar-refractivity contribution is -0.271. The molecule has 5 fully saturated rings. The van der Waals surface area contributed by atoms with Crippen molar-refractivity contribution in [2.45, 2.75) is 120 Å². The number of benzene rings is 6. The van der Waals surface area contributed by atoms with E-state index in [4.69, 9.17) is 61.6 Å². The van der Waals surface area contributed by atoms with E-state index in [1.807, 2.05) is 47.4 Å². The summed E-state index contributed by atoms with van der Waals surface area (Å²) in [5.74, 6) is -2.39. The van der Waals surface area contributed by atoms with Crippen LogP contribution in [-0.2, 0) is 67.3 Å². The molecule has 14 rings (SSSR count). The fourth-order valence-corrected chi connectivity index (χ4v) is 15.7. The van der Waals surface area contributed by atoms with Gasteiger partial charge in [0, 0.05) is 44.2 Å².